The van der Waals surface area contributed by atoms with Crippen molar-refractivity contribution in [3.63, 3.8) is 0 Å². The van der Waals surface area contributed by atoms with Crippen LogP contribution in [-0.4, -0.2) is 32.5 Å². The van der Waals surface area contributed by atoms with Gasteiger partial charge >= 0.3 is 0 Å². The lowest BCUT2D eigenvalue weighted by Crippen LogP contribution is -2.44. The normalized spacial score (nSPS) is 16.9. The fraction of sp³-hybridized carbons (Fsp3) is 0.400. The van der Waals surface area contributed by atoms with E-state index in [0.29, 0.717) is 4.21 Å². The molecular formula is C15H19N3O2S2. The number of pyridine rings is 1. The molecule has 1 aliphatic heterocycles. The SMILES string of the molecule is Cc1cccc(N2CCC(NS(=O)(=O)c3cccs3)CC2)n1. The minimum atomic E-state index is -3.37. The number of anilines is 1. The Morgan fingerprint density at radius 2 is 2.00 bits per heavy atom. The van der Waals surface area contributed by atoms with E-state index in [1.807, 2.05) is 25.1 Å². The molecule has 3 rings (SSSR count). The van der Waals surface area contributed by atoms with Crippen molar-refractivity contribution < 1.29 is 8.42 Å². The summed E-state index contributed by atoms with van der Waals surface area (Å²) in [6, 6.07) is 9.37. The van der Waals surface area contributed by atoms with Crippen LogP contribution >= 0.6 is 11.3 Å². The number of aromatic nitrogens is 1. The van der Waals surface area contributed by atoms with E-state index in [2.05, 4.69) is 14.6 Å². The average molecular weight is 337 g/mol. The molecule has 0 aliphatic carbocycles. The predicted octanol–water partition coefficient (Wildman–Crippen LogP) is 2.40. The van der Waals surface area contributed by atoms with Crippen LogP contribution in [0.2, 0.25) is 0 Å². The molecule has 5 nitrogen and oxygen atoms in total. The summed E-state index contributed by atoms with van der Waals surface area (Å²) in [5.74, 6) is 0.972. The van der Waals surface area contributed by atoms with E-state index >= 15 is 0 Å². The van der Waals surface area contributed by atoms with Crippen molar-refractivity contribution in [1.82, 2.24) is 9.71 Å². The number of sulfonamides is 1. The summed E-state index contributed by atoms with van der Waals surface area (Å²) >= 11 is 1.25. The zero-order chi connectivity index (χ0) is 15.6. The van der Waals surface area contributed by atoms with Gasteiger partial charge in [-0.3, -0.25) is 0 Å². The van der Waals surface area contributed by atoms with Gasteiger partial charge in [0.05, 0.1) is 0 Å². The van der Waals surface area contributed by atoms with E-state index in [-0.39, 0.29) is 6.04 Å². The van der Waals surface area contributed by atoms with E-state index in [0.717, 1.165) is 37.4 Å². The summed E-state index contributed by atoms with van der Waals surface area (Å²) in [6.07, 6.45) is 1.58. The van der Waals surface area contributed by atoms with Gasteiger partial charge < -0.3 is 4.90 Å². The molecule has 1 saturated heterocycles. The zero-order valence-corrected chi connectivity index (χ0v) is 14.0. The molecule has 0 radical (unpaired) electrons. The first-order valence-corrected chi connectivity index (χ1v) is 9.65. The molecule has 22 heavy (non-hydrogen) atoms. The van der Waals surface area contributed by atoms with E-state index in [1.54, 1.807) is 17.5 Å². The Balaban J connectivity index is 1.60. The van der Waals surface area contributed by atoms with E-state index < -0.39 is 10.0 Å². The third-order valence-corrected chi connectivity index (χ3v) is 6.69. The minimum Gasteiger partial charge on any atom is -0.356 e. The second kappa shape index (κ2) is 6.36. The molecule has 118 valence electrons. The van der Waals surface area contributed by atoms with Crippen molar-refractivity contribution in [2.24, 2.45) is 0 Å². The maximum absolute atomic E-state index is 12.2. The van der Waals surface area contributed by atoms with Crippen LogP contribution in [0, 0.1) is 6.92 Å². The predicted molar refractivity (Wildman–Crippen MR) is 88.8 cm³/mol. The fourth-order valence-corrected chi connectivity index (χ4v) is 4.94. The molecule has 7 heteroatoms. The summed E-state index contributed by atoms with van der Waals surface area (Å²) in [5, 5.41) is 1.78. The van der Waals surface area contributed by atoms with Gasteiger partial charge in [-0.25, -0.2) is 18.1 Å². The quantitative estimate of drug-likeness (QED) is 0.930. The molecule has 1 fully saturated rings. The van der Waals surface area contributed by atoms with Crippen LogP contribution in [0.4, 0.5) is 5.82 Å². The van der Waals surface area contributed by atoms with Crippen LogP contribution in [0.15, 0.2) is 39.9 Å². The first kappa shape index (κ1) is 15.5. The Morgan fingerprint density at radius 1 is 1.23 bits per heavy atom. The number of rotatable bonds is 4. The lowest BCUT2D eigenvalue weighted by atomic mass is 10.1. The van der Waals surface area contributed by atoms with Crippen molar-refractivity contribution in [1.29, 1.82) is 0 Å². The number of hydrogen-bond donors (Lipinski definition) is 1. The molecule has 0 saturated carbocycles. The van der Waals surface area contributed by atoms with E-state index in [1.165, 1.54) is 11.3 Å². The molecule has 2 aromatic rings. The molecular weight excluding hydrogens is 318 g/mol. The summed E-state index contributed by atoms with van der Waals surface area (Å²) < 4.78 is 27.7. The third-order valence-electron chi connectivity index (χ3n) is 3.77. The van der Waals surface area contributed by atoms with Crippen molar-refractivity contribution in [2.75, 3.05) is 18.0 Å². The maximum Gasteiger partial charge on any atom is 0.250 e. The molecule has 3 heterocycles. The van der Waals surface area contributed by atoms with Crippen LogP contribution < -0.4 is 9.62 Å². The Bertz CT molecular complexity index is 721. The van der Waals surface area contributed by atoms with Crippen LogP contribution in [0.3, 0.4) is 0 Å². The Labute approximate surface area is 135 Å². The van der Waals surface area contributed by atoms with Crippen LogP contribution in [0.5, 0.6) is 0 Å². The molecule has 0 atom stereocenters. The van der Waals surface area contributed by atoms with E-state index in [4.69, 9.17) is 0 Å². The topological polar surface area (TPSA) is 62.3 Å². The summed E-state index contributed by atoms with van der Waals surface area (Å²) in [4.78, 5) is 6.74. The largest absolute Gasteiger partial charge is 0.356 e. The molecule has 0 spiro atoms. The second-order valence-electron chi connectivity index (χ2n) is 5.45. The van der Waals surface area contributed by atoms with Gasteiger partial charge in [-0.15, -0.1) is 11.3 Å². The van der Waals surface area contributed by atoms with Gasteiger partial charge in [-0.1, -0.05) is 12.1 Å². The Kier molecular flexibility index (Phi) is 4.46. The molecule has 1 aliphatic rings. The third kappa shape index (κ3) is 3.48. The monoisotopic (exact) mass is 337 g/mol. The van der Waals surface area contributed by atoms with Gasteiger partial charge in [0.15, 0.2) is 0 Å². The van der Waals surface area contributed by atoms with Gasteiger partial charge in [0.25, 0.3) is 0 Å². The van der Waals surface area contributed by atoms with Crippen molar-refractivity contribution in [3.8, 4) is 0 Å². The smallest absolute Gasteiger partial charge is 0.250 e. The van der Waals surface area contributed by atoms with Gasteiger partial charge in [0.1, 0.15) is 10.0 Å². The number of nitrogens with zero attached hydrogens (tertiary/aromatic N) is 2. The summed E-state index contributed by atoms with van der Waals surface area (Å²) in [5.41, 5.74) is 0.998. The average Bonchev–Trinajstić information content (AvgIpc) is 3.03. The van der Waals surface area contributed by atoms with Crippen molar-refractivity contribution in [2.45, 2.75) is 30.0 Å². The first-order chi connectivity index (χ1) is 10.5. The molecule has 0 aromatic carbocycles. The van der Waals surface area contributed by atoms with Crippen LogP contribution in [-0.2, 0) is 10.0 Å². The molecule has 0 bridgehead atoms. The second-order valence-corrected chi connectivity index (χ2v) is 8.34. The summed E-state index contributed by atoms with van der Waals surface area (Å²) in [6.45, 7) is 3.60. The number of thiophene rings is 1. The summed E-state index contributed by atoms with van der Waals surface area (Å²) in [7, 11) is -3.37. The number of hydrogen-bond acceptors (Lipinski definition) is 5. The van der Waals surface area contributed by atoms with Gasteiger partial charge in [0.2, 0.25) is 10.0 Å². The van der Waals surface area contributed by atoms with E-state index in [9.17, 15) is 8.42 Å². The zero-order valence-electron chi connectivity index (χ0n) is 12.4. The molecule has 1 N–H and O–H groups in total. The highest BCUT2D eigenvalue weighted by atomic mass is 32.2. The van der Waals surface area contributed by atoms with Crippen LogP contribution in [0.25, 0.3) is 0 Å². The molecule has 0 amide bonds. The van der Waals surface area contributed by atoms with Gasteiger partial charge in [0, 0.05) is 24.8 Å². The number of aryl methyl sites for hydroxylation is 1. The standard InChI is InChI=1S/C15H19N3O2S2/c1-12-4-2-5-14(16-12)18-9-7-13(8-10-18)17-22(19,20)15-6-3-11-21-15/h2-6,11,13,17H,7-10H2,1H3. The highest BCUT2D eigenvalue weighted by Crippen LogP contribution is 2.21. The van der Waals surface area contributed by atoms with Gasteiger partial charge in [-0.2, -0.15) is 0 Å². The fourth-order valence-electron chi connectivity index (χ4n) is 2.63. The lowest BCUT2D eigenvalue weighted by Gasteiger charge is -2.33. The lowest BCUT2D eigenvalue weighted by molar-refractivity contribution is 0.459. The van der Waals surface area contributed by atoms with Gasteiger partial charge in [-0.05, 0) is 43.3 Å². The molecule has 2 aromatic heterocycles. The number of nitrogens with one attached hydrogen (secondary N) is 1. The van der Waals surface area contributed by atoms with Crippen LogP contribution in [0.1, 0.15) is 18.5 Å². The maximum atomic E-state index is 12.2. The Hall–Kier alpha value is -1.44. The highest BCUT2D eigenvalue weighted by Gasteiger charge is 2.25. The number of piperidine rings is 1. The minimum absolute atomic E-state index is 0.00633. The molecule has 0 unspecified atom stereocenters. The first-order valence-electron chi connectivity index (χ1n) is 7.29. The highest BCUT2D eigenvalue weighted by molar-refractivity contribution is 7.91. The Morgan fingerprint density at radius 3 is 2.64 bits per heavy atom. The van der Waals surface area contributed by atoms with Crippen molar-refractivity contribution in [3.05, 3.63) is 41.4 Å². The van der Waals surface area contributed by atoms with Crippen molar-refractivity contribution >= 4 is 27.2 Å².